The summed E-state index contributed by atoms with van der Waals surface area (Å²) in [6.45, 7) is 2.14. The fraction of sp³-hybridized carbons (Fsp3) is 0.312. The molecule has 7 heteroatoms. The summed E-state index contributed by atoms with van der Waals surface area (Å²) < 4.78 is 15.2. The molecule has 1 saturated heterocycles. The number of carbonyl (C=O) groups is 2. The minimum absolute atomic E-state index is 0.182. The molecule has 1 atom stereocenters. The number of halogens is 1. The van der Waals surface area contributed by atoms with Gasteiger partial charge in [0.1, 0.15) is 11.9 Å². The van der Waals surface area contributed by atoms with Crippen LogP contribution in [0.3, 0.4) is 0 Å². The number of hydrogen-bond acceptors (Lipinski definition) is 3. The molecule has 0 saturated carbocycles. The van der Waals surface area contributed by atoms with Gasteiger partial charge in [0.15, 0.2) is 0 Å². The van der Waals surface area contributed by atoms with Crippen LogP contribution in [0.15, 0.2) is 30.6 Å². The molecule has 6 nitrogen and oxygen atoms in total. The Morgan fingerprint density at radius 1 is 1.43 bits per heavy atom. The topological polar surface area (TPSA) is 67.2 Å². The molecule has 1 aromatic carbocycles. The molecule has 0 spiro atoms. The first-order chi connectivity index (χ1) is 11.0. The zero-order valence-corrected chi connectivity index (χ0v) is 12.9. The second-order valence-corrected chi connectivity index (χ2v) is 5.64. The van der Waals surface area contributed by atoms with Crippen LogP contribution in [0.5, 0.6) is 0 Å². The molecule has 1 unspecified atom stereocenters. The maximum absolute atomic E-state index is 13.6. The van der Waals surface area contributed by atoms with Gasteiger partial charge >= 0.3 is 0 Å². The van der Waals surface area contributed by atoms with E-state index >= 15 is 0 Å². The number of carbonyl (C=O) groups excluding carboxylic acids is 2. The van der Waals surface area contributed by atoms with Gasteiger partial charge < -0.3 is 10.2 Å². The number of aromatic nitrogens is 2. The van der Waals surface area contributed by atoms with Gasteiger partial charge in [0, 0.05) is 25.4 Å². The number of amides is 2. The van der Waals surface area contributed by atoms with E-state index in [2.05, 4.69) is 10.4 Å². The SMILES string of the molecule is Cc1ccc(C(=O)NC2CCN(c3cnn(C)c3)C2=O)cc1F. The fourth-order valence-electron chi connectivity index (χ4n) is 2.59. The third-order valence-electron chi connectivity index (χ3n) is 3.95. The van der Waals surface area contributed by atoms with Gasteiger partial charge in [0.25, 0.3) is 5.91 Å². The molecule has 2 amide bonds. The number of hydrogen-bond donors (Lipinski definition) is 1. The summed E-state index contributed by atoms with van der Waals surface area (Å²) in [5.41, 5.74) is 1.39. The predicted molar refractivity (Wildman–Crippen MR) is 82.6 cm³/mol. The summed E-state index contributed by atoms with van der Waals surface area (Å²) >= 11 is 0. The van der Waals surface area contributed by atoms with Gasteiger partial charge in [0.05, 0.1) is 11.9 Å². The van der Waals surface area contributed by atoms with Crippen LogP contribution in [-0.2, 0) is 11.8 Å². The lowest BCUT2D eigenvalue weighted by Crippen LogP contribution is -2.41. The van der Waals surface area contributed by atoms with Crippen molar-refractivity contribution in [2.24, 2.45) is 7.05 Å². The number of rotatable bonds is 3. The Hall–Kier alpha value is -2.70. The third kappa shape index (κ3) is 2.94. The van der Waals surface area contributed by atoms with Crippen LogP contribution in [0.1, 0.15) is 22.3 Å². The molecule has 1 aromatic heterocycles. The average Bonchev–Trinajstić information content (AvgIpc) is 3.09. The lowest BCUT2D eigenvalue weighted by atomic mass is 10.1. The van der Waals surface area contributed by atoms with Crippen LogP contribution in [0, 0.1) is 12.7 Å². The molecule has 0 aliphatic carbocycles. The Bertz CT molecular complexity index is 771. The Morgan fingerprint density at radius 2 is 2.22 bits per heavy atom. The van der Waals surface area contributed by atoms with Gasteiger partial charge in [0.2, 0.25) is 5.91 Å². The standard InChI is InChI=1S/C16H17FN4O2/c1-10-3-4-11(7-13(10)17)15(22)19-14-5-6-21(16(14)23)12-8-18-20(2)9-12/h3-4,7-9,14H,5-6H2,1-2H3,(H,19,22). The number of nitrogens with one attached hydrogen (secondary N) is 1. The maximum Gasteiger partial charge on any atom is 0.252 e. The van der Waals surface area contributed by atoms with Gasteiger partial charge in [-0.3, -0.25) is 14.3 Å². The second kappa shape index (κ2) is 5.83. The fourth-order valence-corrected chi connectivity index (χ4v) is 2.59. The first-order valence-corrected chi connectivity index (χ1v) is 7.33. The van der Waals surface area contributed by atoms with Crippen LogP contribution >= 0.6 is 0 Å². The van der Waals surface area contributed by atoms with Crippen LogP contribution in [0.4, 0.5) is 10.1 Å². The molecule has 0 radical (unpaired) electrons. The van der Waals surface area contributed by atoms with Gasteiger partial charge in [-0.15, -0.1) is 0 Å². The Morgan fingerprint density at radius 3 is 2.87 bits per heavy atom. The highest BCUT2D eigenvalue weighted by Gasteiger charge is 2.34. The van der Waals surface area contributed by atoms with E-state index in [0.717, 1.165) is 0 Å². The van der Waals surface area contributed by atoms with Gasteiger partial charge in [-0.2, -0.15) is 5.10 Å². The van der Waals surface area contributed by atoms with E-state index in [9.17, 15) is 14.0 Å². The lowest BCUT2D eigenvalue weighted by molar-refractivity contribution is -0.118. The Labute approximate surface area is 132 Å². The van der Waals surface area contributed by atoms with E-state index in [-0.39, 0.29) is 11.5 Å². The summed E-state index contributed by atoms with van der Waals surface area (Å²) in [7, 11) is 1.77. The largest absolute Gasteiger partial charge is 0.340 e. The van der Waals surface area contributed by atoms with Crippen molar-refractivity contribution in [1.82, 2.24) is 15.1 Å². The van der Waals surface area contributed by atoms with Crippen molar-refractivity contribution in [2.75, 3.05) is 11.4 Å². The molecule has 0 bridgehead atoms. The van der Waals surface area contributed by atoms with Crippen molar-refractivity contribution in [1.29, 1.82) is 0 Å². The Kier molecular flexibility index (Phi) is 3.85. The molecule has 23 heavy (non-hydrogen) atoms. The van der Waals surface area contributed by atoms with Crippen LogP contribution < -0.4 is 10.2 Å². The molecular formula is C16H17FN4O2. The molecule has 2 aromatic rings. The maximum atomic E-state index is 13.6. The first-order valence-electron chi connectivity index (χ1n) is 7.33. The van der Waals surface area contributed by atoms with E-state index in [0.29, 0.717) is 24.2 Å². The summed E-state index contributed by atoms with van der Waals surface area (Å²) in [6.07, 6.45) is 3.86. The zero-order valence-electron chi connectivity index (χ0n) is 12.9. The van der Waals surface area contributed by atoms with E-state index in [1.807, 2.05) is 0 Å². The smallest absolute Gasteiger partial charge is 0.252 e. The first kappa shape index (κ1) is 15.2. The van der Waals surface area contributed by atoms with Crippen molar-refractivity contribution in [2.45, 2.75) is 19.4 Å². The minimum Gasteiger partial charge on any atom is -0.340 e. The normalized spacial score (nSPS) is 17.6. The lowest BCUT2D eigenvalue weighted by Gasteiger charge is -2.15. The minimum atomic E-state index is -0.605. The number of anilines is 1. The van der Waals surface area contributed by atoms with Gasteiger partial charge in [-0.1, -0.05) is 6.07 Å². The van der Waals surface area contributed by atoms with Gasteiger partial charge in [-0.25, -0.2) is 4.39 Å². The second-order valence-electron chi connectivity index (χ2n) is 5.64. The molecule has 2 heterocycles. The number of benzene rings is 1. The summed E-state index contributed by atoms with van der Waals surface area (Å²) in [6, 6.07) is 3.67. The molecule has 120 valence electrons. The van der Waals surface area contributed by atoms with Crippen molar-refractivity contribution in [3.8, 4) is 0 Å². The quantitative estimate of drug-likeness (QED) is 0.931. The summed E-state index contributed by atoms with van der Waals surface area (Å²) in [5, 5.41) is 6.72. The van der Waals surface area contributed by atoms with Crippen molar-refractivity contribution in [3.63, 3.8) is 0 Å². The van der Waals surface area contributed by atoms with Gasteiger partial charge in [-0.05, 0) is 31.0 Å². The third-order valence-corrected chi connectivity index (χ3v) is 3.95. The zero-order chi connectivity index (χ0) is 16.6. The molecule has 3 rings (SSSR count). The van der Waals surface area contributed by atoms with Crippen molar-refractivity contribution >= 4 is 17.5 Å². The summed E-state index contributed by atoms with van der Waals surface area (Å²) in [4.78, 5) is 26.2. The van der Waals surface area contributed by atoms with Crippen LogP contribution in [-0.4, -0.2) is 34.2 Å². The van der Waals surface area contributed by atoms with Crippen LogP contribution in [0.2, 0.25) is 0 Å². The highest BCUT2D eigenvalue weighted by molar-refractivity contribution is 6.03. The highest BCUT2D eigenvalue weighted by atomic mass is 19.1. The van der Waals surface area contributed by atoms with Crippen molar-refractivity contribution < 1.29 is 14.0 Å². The van der Waals surface area contributed by atoms with Crippen molar-refractivity contribution in [3.05, 3.63) is 47.5 Å². The summed E-state index contributed by atoms with van der Waals surface area (Å²) in [5.74, 6) is -1.07. The molecule has 1 aliphatic rings. The monoisotopic (exact) mass is 316 g/mol. The molecule has 1 aliphatic heterocycles. The Balaban J connectivity index is 1.70. The van der Waals surface area contributed by atoms with E-state index < -0.39 is 17.8 Å². The highest BCUT2D eigenvalue weighted by Crippen LogP contribution is 2.21. The van der Waals surface area contributed by atoms with E-state index in [1.165, 1.54) is 6.07 Å². The predicted octanol–water partition coefficient (Wildman–Crippen LogP) is 1.40. The number of nitrogens with zero attached hydrogens (tertiary/aromatic N) is 3. The molecule has 1 fully saturated rings. The number of aryl methyl sites for hydroxylation is 2. The average molecular weight is 316 g/mol. The molecular weight excluding hydrogens is 299 g/mol. The molecule has 1 N–H and O–H groups in total. The van der Waals surface area contributed by atoms with E-state index in [4.69, 9.17) is 0 Å². The van der Waals surface area contributed by atoms with Crippen LogP contribution in [0.25, 0.3) is 0 Å². The van der Waals surface area contributed by atoms with E-state index in [1.54, 1.807) is 48.1 Å².